The van der Waals surface area contributed by atoms with Crippen LogP contribution in [0, 0.1) is 17.7 Å². The third-order valence-electron chi connectivity index (χ3n) is 8.85. The predicted molar refractivity (Wildman–Crippen MR) is 171 cm³/mol. The molecule has 0 saturated carbocycles. The molecular formula is C33H35FN8O4. The van der Waals surface area contributed by atoms with Gasteiger partial charge in [-0.05, 0) is 37.1 Å². The second kappa shape index (κ2) is 12.8. The molecule has 1 amide bonds. The minimum atomic E-state index is -0.515. The molecule has 0 aliphatic carbocycles. The number of hydrogen-bond acceptors (Lipinski definition) is 11. The number of rotatable bonds is 9. The van der Waals surface area contributed by atoms with Crippen LogP contribution in [-0.2, 0) is 9.53 Å². The molecule has 4 aromatic rings. The maximum Gasteiger partial charge on any atom is 0.245 e. The number of fused-ring (bicyclic) bond motifs is 2. The Morgan fingerprint density at radius 3 is 2.61 bits per heavy atom. The predicted octanol–water partition coefficient (Wildman–Crippen LogP) is 4.77. The van der Waals surface area contributed by atoms with Gasteiger partial charge in [0.25, 0.3) is 0 Å². The summed E-state index contributed by atoms with van der Waals surface area (Å²) < 4.78 is 32.6. The van der Waals surface area contributed by atoms with Gasteiger partial charge in [0.05, 0.1) is 37.2 Å². The van der Waals surface area contributed by atoms with Gasteiger partial charge < -0.3 is 34.6 Å². The van der Waals surface area contributed by atoms with E-state index in [1.165, 1.54) is 18.5 Å². The summed E-state index contributed by atoms with van der Waals surface area (Å²) in [6.07, 6.45) is 5.98. The van der Waals surface area contributed by atoms with Gasteiger partial charge in [0, 0.05) is 73.8 Å². The number of likely N-dealkylation sites (tertiary alicyclic amines) is 1. The van der Waals surface area contributed by atoms with Gasteiger partial charge in [-0.2, -0.15) is 4.98 Å². The Kier molecular flexibility index (Phi) is 8.22. The molecule has 5 heterocycles. The molecule has 0 spiro atoms. The van der Waals surface area contributed by atoms with E-state index in [9.17, 15) is 4.79 Å². The van der Waals surface area contributed by atoms with Gasteiger partial charge in [-0.25, -0.2) is 19.3 Å². The van der Waals surface area contributed by atoms with E-state index in [1.54, 1.807) is 36.4 Å². The third kappa shape index (κ3) is 6.10. The molecule has 0 radical (unpaired) electrons. The van der Waals surface area contributed by atoms with E-state index in [1.807, 2.05) is 12.1 Å². The second-order valence-corrected chi connectivity index (χ2v) is 11.8. The molecule has 2 aromatic heterocycles. The zero-order chi connectivity index (χ0) is 31.6. The van der Waals surface area contributed by atoms with Crippen LogP contribution < -0.4 is 25.0 Å². The van der Waals surface area contributed by atoms with Crippen LogP contribution in [0.25, 0.3) is 10.9 Å². The summed E-state index contributed by atoms with van der Waals surface area (Å²) in [4.78, 5) is 33.7. The number of amides is 1. The summed E-state index contributed by atoms with van der Waals surface area (Å²) in [5.41, 5.74) is 1.63. The summed E-state index contributed by atoms with van der Waals surface area (Å²) in [7, 11) is 1.60. The molecule has 13 heteroatoms. The first-order chi connectivity index (χ1) is 22.5. The first kappa shape index (κ1) is 29.7. The number of anilines is 4. The van der Waals surface area contributed by atoms with Gasteiger partial charge in [-0.3, -0.25) is 4.79 Å². The van der Waals surface area contributed by atoms with Gasteiger partial charge in [-0.15, -0.1) is 0 Å². The van der Waals surface area contributed by atoms with Crippen molar-refractivity contribution in [3.05, 3.63) is 67.4 Å². The van der Waals surface area contributed by atoms with Gasteiger partial charge in [0.2, 0.25) is 17.7 Å². The first-order valence-electron chi connectivity index (χ1n) is 15.4. The number of carbonyl (C=O) groups excluding carboxylic acids is 1. The van der Waals surface area contributed by atoms with E-state index in [0.29, 0.717) is 65.0 Å². The van der Waals surface area contributed by atoms with Gasteiger partial charge in [-0.1, -0.05) is 6.58 Å². The van der Waals surface area contributed by atoms with Crippen LogP contribution in [0.3, 0.4) is 0 Å². The largest absolute Gasteiger partial charge is 0.495 e. The molecule has 46 heavy (non-hydrogen) atoms. The van der Waals surface area contributed by atoms with Crippen molar-refractivity contribution in [1.29, 1.82) is 0 Å². The van der Waals surface area contributed by atoms with Crippen molar-refractivity contribution in [2.45, 2.75) is 18.9 Å². The Labute approximate surface area is 265 Å². The fraction of sp³-hybridized carbons (Fsp3) is 0.364. The average molecular weight is 627 g/mol. The minimum absolute atomic E-state index is 0.0555. The number of ether oxygens (including phenoxy) is 3. The summed E-state index contributed by atoms with van der Waals surface area (Å²) >= 11 is 0. The topological polar surface area (TPSA) is 127 Å². The van der Waals surface area contributed by atoms with Gasteiger partial charge in [0.1, 0.15) is 29.5 Å². The summed E-state index contributed by atoms with van der Waals surface area (Å²) in [6.45, 7) is 8.11. The average Bonchev–Trinajstić information content (AvgIpc) is 3.69. The molecular weight excluding hydrogens is 591 g/mol. The number of aromatic nitrogens is 4. The van der Waals surface area contributed by atoms with Crippen LogP contribution in [0.15, 0.2) is 61.6 Å². The van der Waals surface area contributed by atoms with Crippen LogP contribution in [0.4, 0.5) is 27.5 Å². The lowest BCUT2D eigenvalue weighted by molar-refractivity contribution is -0.126. The SMILES string of the molecule is C=CC(=O)N1CCC(Nc2cc3c(Nc4ccc(Oc5ccnc(N6C[C@H]7COC[C@H]7C6)n5)cc4F)ncnc3cc2OC)CC1. The lowest BCUT2D eigenvalue weighted by Crippen LogP contribution is -2.41. The lowest BCUT2D eigenvalue weighted by atomic mass is 10.0. The number of methoxy groups -OCH3 is 1. The fourth-order valence-electron chi connectivity index (χ4n) is 6.36. The Morgan fingerprint density at radius 1 is 1.07 bits per heavy atom. The normalized spacial score (nSPS) is 19.6. The number of carbonyl (C=O) groups is 1. The van der Waals surface area contributed by atoms with Crippen molar-refractivity contribution in [1.82, 2.24) is 24.8 Å². The van der Waals surface area contributed by atoms with E-state index < -0.39 is 5.82 Å². The quantitative estimate of drug-likeness (QED) is 0.249. The maximum atomic E-state index is 15.4. The number of nitrogens with zero attached hydrogens (tertiary/aromatic N) is 6. The molecule has 3 aliphatic heterocycles. The molecule has 238 valence electrons. The Bertz CT molecular complexity index is 1750. The summed E-state index contributed by atoms with van der Waals surface area (Å²) in [5.74, 6) is 2.74. The van der Waals surface area contributed by atoms with E-state index in [2.05, 4.69) is 42.0 Å². The number of halogens is 1. The van der Waals surface area contributed by atoms with E-state index in [0.717, 1.165) is 44.8 Å². The minimum Gasteiger partial charge on any atom is -0.495 e. The Hall–Kier alpha value is -5.04. The van der Waals surface area contributed by atoms with Crippen LogP contribution in [0.1, 0.15) is 12.8 Å². The van der Waals surface area contributed by atoms with E-state index in [-0.39, 0.29) is 17.6 Å². The highest BCUT2D eigenvalue weighted by Gasteiger charge is 2.38. The number of nitrogens with one attached hydrogen (secondary N) is 2. The van der Waals surface area contributed by atoms with Crippen LogP contribution in [-0.4, -0.2) is 83.3 Å². The van der Waals surface area contributed by atoms with Crippen molar-refractivity contribution in [3.63, 3.8) is 0 Å². The molecule has 2 atom stereocenters. The maximum absolute atomic E-state index is 15.4. The zero-order valence-corrected chi connectivity index (χ0v) is 25.5. The molecule has 3 saturated heterocycles. The van der Waals surface area contributed by atoms with E-state index >= 15 is 4.39 Å². The van der Waals surface area contributed by atoms with Crippen LogP contribution >= 0.6 is 0 Å². The molecule has 7 rings (SSSR count). The highest BCUT2D eigenvalue weighted by Crippen LogP contribution is 2.36. The molecule has 2 aromatic carbocycles. The number of benzene rings is 2. The third-order valence-corrected chi connectivity index (χ3v) is 8.85. The Balaban J connectivity index is 1.06. The smallest absolute Gasteiger partial charge is 0.245 e. The molecule has 0 unspecified atom stereocenters. The fourth-order valence-corrected chi connectivity index (χ4v) is 6.36. The molecule has 3 fully saturated rings. The van der Waals surface area contributed by atoms with Gasteiger partial charge >= 0.3 is 0 Å². The second-order valence-electron chi connectivity index (χ2n) is 11.8. The van der Waals surface area contributed by atoms with Crippen molar-refractivity contribution >= 4 is 40.0 Å². The first-order valence-corrected chi connectivity index (χ1v) is 15.4. The van der Waals surface area contributed by atoms with Gasteiger partial charge in [0.15, 0.2) is 0 Å². The molecule has 0 bridgehead atoms. The summed E-state index contributed by atoms with van der Waals surface area (Å²) in [5, 5.41) is 7.36. The molecule has 3 aliphatic rings. The molecule has 2 N–H and O–H groups in total. The summed E-state index contributed by atoms with van der Waals surface area (Å²) in [6, 6.07) is 10.1. The van der Waals surface area contributed by atoms with Crippen molar-refractivity contribution in [2.75, 3.05) is 62.0 Å². The van der Waals surface area contributed by atoms with Crippen molar-refractivity contribution < 1.29 is 23.4 Å². The molecule has 12 nitrogen and oxygen atoms in total. The number of piperidine rings is 1. The van der Waals surface area contributed by atoms with Crippen molar-refractivity contribution in [3.8, 4) is 17.4 Å². The van der Waals surface area contributed by atoms with Crippen molar-refractivity contribution in [2.24, 2.45) is 11.8 Å². The lowest BCUT2D eigenvalue weighted by Gasteiger charge is -2.32. The van der Waals surface area contributed by atoms with Crippen LogP contribution in [0.2, 0.25) is 0 Å². The highest BCUT2D eigenvalue weighted by molar-refractivity contribution is 5.95. The number of hydrogen-bond donors (Lipinski definition) is 2. The Morgan fingerprint density at radius 2 is 1.87 bits per heavy atom. The zero-order valence-electron chi connectivity index (χ0n) is 25.5. The van der Waals surface area contributed by atoms with Crippen LogP contribution in [0.5, 0.6) is 17.4 Å². The highest BCUT2D eigenvalue weighted by atomic mass is 19.1. The monoisotopic (exact) mass is 626 g/mol. The standard InChI is InChI=1S/C33H35FN8O4/c1-3-31(43)41-10-7-22(8-11-41)38-28-13-24-27(14-29(28)44-2)36-19-37-32(24)39-26-5-4-23(12-25(26)34)46-30-6-9-35-33(40-30)42-15-20-17-45-18-21(20)16-42/h3-6,9,12-14,19-22,38H,1,7-8,10-11,15-18H2,2H3,(H,36,37,39)/t20-,21+. The van der Waals surface area contributed by atoms with E-state index in [4.69, 9.17) is 14.2 Å².